The lowest BCUT2D eigenvalue weighted by Gasteiger charge is -2.09. The van der Waals surface area contributed by atoms with E-state index < -0.39 is 11.7 Å². The molecule has 0 fully saturated rings. The second kappa shape index (κ2) is 6.17. The van der Waals surface area contributed by atoms with Crippen LogP contribution in [0.15, 0.2) is 28.8 Å². The Hall–Kier alpha value is -2.02. The van der Waals surface area contributed by atoms with E-state index >= 15 is 0 Å². The Morgan fingerprint density at radius 1 is 1.33 bits per heavy atom. The van der Waals surface area contributed by atoms with E-state index in [0.717, 1.165) is 12.1 Å². The maximum absolute atomic E-state index is 12.8. The van der Waals surface area contributed by atoms with Gasteiger partial charge in [0.1, 0.15) is 5.76 Å². The Kier molecular flexibility index (Phi) is 4.52. The summed E-state index contributed by atoms with van der Waals surface area (Å²) in [5, 5.41) is 3.63. The minimum absolute atomic E-state index is 0.0702. The SMILES string of the molecule is CCOCCc1onc(N)c1-c1cccc(C(F)(F)F)c1. The summed E-state index contributed by atoms with van der Waals surface area (Å²) in [6.45, 7) is 2.78. The molecule has 2 aromatic rings. The van der Waals surface area contributed by atoms with Gasteiger partial charge in [-0.3, -0.25) is 0 Å². The molecule has 1 aromatic heterocycles. The first kappa shape index (κ1) is 15.4. The second-order valence-electron chi connectivity index (χ2n) is 4.39. The summed E-state index contributed by atoms with van der Waals surface area (Å²) in [7, 11) is 0. The lowest BCUT2D eigenvalue weighted by Crippen LogP contribution is -2.05. The number of nitrogens with zero attached hydrogens (tertiary/aromatic N) is 1. The molecule has 0 amide bonds. The van der Waals surface area contributed by atoms with Crippen LogP contribution >= 0.6 is 0 Å². The molecule has 114 valence electrons. The van der Waals surface area contributed by atoms with Crippen LogP contribution in [0.3, 0.4) is 0 Å². The third-order valence-electron chi connectivity index (χ3n) is 2.95. The third-order valence-corrected chi connectivity index (χ3v) is 2.95. The molecule has 0 spiro atoms. The Morgan fingerprint density at radius 2 is 2.10 bits per heavy atom. The van der Waals surface area contributed by atoms with Crippen molar-refractivity contribution in [2.75, 3.05) is 18.9 Å². The van der Waals surface area contributed by atoms with Crippen molar-refractivity contribution in [2.24, 2.45) is 0 Å². The maximum Gasteiger partial charge on any atom is 0.416 e. The number of nitrogens with two attached hydrogens (primary N) is 1. The number of anilines is 1. The average Bonchev–Trinajstić information content (AvgIpc) is 2.79. The van der Waals surface area contributed by atoms with Gasteiger partial charge in [-0.05, 0) is 24.6 Å². The normalized spacial score (nSPS) is 11.8. The number of nitrogen functional groups attached to an aromatic ring is 1. The predicted molar refractivity (Wildman–Crippen MR) is 71.6 cm³/mol. The van der Waals surface area contributed by atoms with Crippen LogP contribution in [-0.4, -0.2) is 18.4 Å². The monoisotopic (exact) mass is 300 g/mol. The molecule has 1 aromatic carbocycles. The highest BCUT2D eigenvalue weighted by Crippen LogP contribution is 2.35. The van der Waals surface area contributed by atoms with Crippen LogP contribution in [0.25, 0.3) is 11.1 Å². The van der Waals surface area contributed by atoms with Gasteiger partial charge < -0.3 is 15.0 Å². The Morgan fingerprint density at radius 3 is 2.76 bits per heavy atom. The van der Waals surface area contributed by atoms with Gasteiger partial charge in [0, 0.05) is 13.0 Å². The second-order valence-corrected chi connectivity index (χ2v) is 4.39. The standard InChI is InChI=1S/C14H15F3N2O2/c1-2-20-7-6-11-12(13(18)19-21-11)9-4-3-5-10(8-9)14(15,16)17/h3-5,8H,2,6-7H2,1H3,(H2,18,19). The first-order valence-electron chi connectivity index (χ1n) is 6.43. The number of hydrogen-bond acceptors (Lipinski definition) is 4. The zero-order valence-corrected chi connectivity index (χ0v) is 11.4. The highest BCUT2D eigenvalue weighted by molar-refractivity contribution is 5.76. The molecule has 0 radical (unpaired) electrons. The number of ether oxygens (including phenoxy) is 1. The van der Waals surface area contributed by atoms with Gasteiger partial charge in [0.2, 0.25) is 0 Å². The van der Waals surface area contributed by atoms with E-state index in [2.05, 4.69) is 5.16 Å². The van der Waals surface area contributed by atoms with E-state index in [-0.39, 0.29) is 5.82 Å². The molecule has 2 N–H and O–H groups in total. The molecule has 0 aliphatic rings. The van der Waals surface area contributed by atoms with Crippen LogP contribution in [0.2, 0.25) is 0 Å². The molecular weight excluding hydrogens is 285 g/mol. The minimum Gasteiger partial charge on any atom is -0.381 e. The molecule has 4 nitrogen and oxygen atoms in total. The van der Waals surface area contributed by atoms with Crippen molar-refractivity contribution in [1.29, 1.82) is 0 Å². The largest absolute Gasteiger partial charge is 0.416 e. The quantitative estimate of drug-likeness (QED) is 0.858. The van der Waals surface area contributed by atoms with Gasteiger partial charge in [0.05, 0.1) is 17.7 Å². The fraction of sp³-hybridized carbons (Fsp3) is 0.357. The molecule has 21 heavy (non-hydrogen) atoms. The number of halogens is 3. The Balaban J connectivity index is 2.35. The molecule has 0 saturated heterocycles. The van der Waals surface area contributed by atoms with Crippen LogP contribution in [0.1, 0.15) is 18.2 Å². The summed E-state index contributed by atoms with van der Waals surface area (Å²) >= 11 is 0. The summed E-state index contributed by atoms with van der Waals surface area (Å²) in [6, 6.07) is 4.92. The van der Waals surface area contributed by atoms with Crippen molar-refractivity contribution in [3.8, 4) is 11.1 Å². The van der Waals surface area contributed by atoms with Gasteiger partial charge in [-0.15, -0.1) is 0 Å². The Labute approximate surface area is 119 Å². The van der Waals surface area contributed by atoms with Gasteiger partial charge in [-0.1, -0.05) is 17.3 Å². The fourth-order valence-corrected chi connectivity index (χ4v) is 1.98. The van der Waals surface area contributed by atoms with E-state index in [1.54, 1.807) is 6.07 Å². The summed E-state index contributed by atoms with van der Waals surface area (Å²) in [5.41, 5.74) is 5.69. The van der Waals surface area contributed by atoms with Crippen molar-refractivity contribution in [3.63, 3.8) is 0 Å². The number of benzene rings is 1. The first-order chi connectivity index (χ1) is 9.93. The summed E-state index contributed by atoms with van der Waals surface area (Å²) in [4.78, 5) is 0. The summed E-state index contributed by atoms with van der Waals surface area (Å²) < 4.78 is 48.6. The van der Waals surface area contributed by atoms with Crippen LogP contribution in [0.4, 0.5) is 19.0 Å². The molecule has 0 saturated carbocycles. The van der Waals surface area contributed by atoms with Crippen molar-refractivity contribution in [2.45, 2.75) is 19.5 Å². The number of alkyl halides is 3. The first-order valence-corrected chi connectivity index (χ1v) is 6.43. The molecule has 0 aliphatic heterocycles. The summed E-state index contributed by atoms with van der Waals surface area (Å²) in [5.74, 6) is 0.487. The topological polar surface area (TPSA) is 61.3 Å². The average molecular weight is 300 g/mol. The van der Waals surface area contributed by atoms with Crippen LogP contribution < -0.4 is 5.73 Å². The van der Waals surface area contributed by atoms with E-state index in [4.69, 9.17) is 15.0 Å². The van der Waals surface area contributed by atoms with Gasteiger partial charge in [0.15, 0.2) is 5.82 Å². The lowest BCUT2D eigenvalue weighted by atomic mass is 10.0. The number of rotatable bonds is 5. The molecule has 0 atom stereocenters. The molecule has 1 heterocycles. The molecule has 0 bridgehead atoms. The van der Waals surface area contributed by atoms with Crippen molar-refractivity contribution < 1.29 is 22.4 Å². The molecule has 0 unspecified atom stereocenters. The number of aromatic nitrogens is 1. The zero-order chi connectivity index (χ0) is 15.5. The van der Waals surface area contributed by atoms with Crippen LogP contribution in [-0.2, 0) is 17.3 Å². The van der Waals surface area contributed by atoms with Gasteiger partial charge in [-0.25, -0.2) is 0 Å². The lowest BCUT2D eigenvalue weighted by molar-refractivity contribution is -0.137. The van der Waals surface area contributed by atoms with Crippen LogP contribution in [0.5, 0.6) is 0 Å². The fourth-order valence-electron chi connectivity index (χ4n) is 1.98. The minimum atomic E-state index is -4.41. The van der Waals surface area contributed by atoms with Crippen molar-refractivity contribution in [3.05, 3.63) is 35.6 Å². The smallest absolute Gasteiger partial charge is 0.381 e. The number of hydrogen-bond donors (Lipinski definition) is 1. The van der Waals surface area contributed by atoms with E-state index in [1.807, 2.05) is 6.92 Å². The maximum atomic E-state index is 12.8. The van der Waals surface area contributed by atoms with E-state index in [1.165, 1.54) is 6.07 Å². The highest BCUT2D eigenvalue weighted by Gasteiger charge is 2.31. The van der Waals surface area contributed by atoms with Crippen molar-refractivity contribution >= 4 is 5.82 Å². The molecule has 0 aliphatic carbocycles. The van der Waals surface area contributed by atoms with Gasteiger partial charge in [0.25, 0.3) is 0 Å². The zero-order valence-electron chi connectivity index (χ0n) is 11.4. The van der Waals surface area contributed by atoms with E-state index in [9.17, 15) is 13.2 Å². The predicted octanol–water partition coefficient (Wildman–Crippen LogP) is 3.52. The van der Waals surface area contributed by atoms with Crippen LogP contribution in [0, 0.1) is 0 Å². The van der Waals surface area contributed by atoms with E-state index in [0.29, 0.717) is 36.5 Å². The van der Waals surface area contributed by atoms with Crippen molar-refractivity contribution in [1.82, 2.24) is 5.16 Å². The highest BCUT2D eigenvalue weighted by atomic mass is 19.4. The Bertz CT molecular complexity index is 609. The van der Waals surface area contributed by atoms with Gasteiger partial charge in [-0.2, -0.15) is 13.2 Å². The third kappa shape index (κ3) is 3.55. The van der Waals surface area contributed by atoms with Gasteiger partial charge >= 0.3 is 6.18 Å². The molecule has 7 heteroatoms. The molecular formula is C14H15F3N2O2. The molecule has 2 rings (SSSR count). The summed E-state index contributed by atoms with van der Waals surface area (Å²) in [6.07, 6.45) is -4.02.